The molecule has 0 radical (unpaired) electrons. The number of nitrogens with zero attached hydrogens (tertiary/aromatic N) is 1. The predicted molar refractivity (Wildman–Crippen MR) is 64.1 cm³/mol. The van der Waals surface area contributed by atoms with Crippen LogP contribution in [-0.2, 0) is 16.0 Å². The molecule has 18 heavy (non-hydrogen) atoms. The fourth-order valence-electron chi connectivity index (χ4n) is 1.30. The minimum Gasteiger partial charge on any atom is -0.469 e. The number of hydrogen-bond donors (Lipinski definition) is 0. The molecule has 0 saturated carbocycles. The molecule has 0 amide bonds. The zero-order valence-corrected chi connectivity index (χ0v) is 11.6. The molecule has 0 bridgehead atoms. The van der Waals surface area contributed by atoms with Gasteiger partial charge in [0, 0.05) is 5.56 Å². The second-order valence-corrected chi connectivity index (χ2v) is 4.42. The van der Waals surface area contributed by atoms with Crippen LogP contribution in [0.25, 0.3) is 0 Å². The van der Waals surface area contributed by atoms with Crippen LogP contribution in [0.3, 0.4) is 0 Å². The zero-order chi connectivity index (χ0) is 13.9. The molecule has 0 aromatic carbocycles. The highest BCUT2D eigenvalue weighted by Crippen LogP contribution is 2.30. The number of pyridine rings is 1. The van der Waals surface area contributed by atoms with Crippen molar-refractivity contribution in [1.82, 2.24) is 4.98 Å². The summed E-state index contributed by atoms with van der Waals surface area (Å²) in [7, 11) is 1.16. The van der Waals surface area contributed by atoms with E-state index >= 15 is 0 Å². The molecule has 1 aromatic rings. The number of rotatable bonds is 3. The van der Waals surface area contributed by atoms with Crippen LogP contribution in [0.15, 0.2) is 6.07 Å². The number of methoxy groups -OCH3 is 1. The van der Waals surface area contributed by atoms with Gasteiger partial charge in [-0.2, -0.15) is 0 Å². The van der Waals surface area contributed by atoms with Crippen LogP contribution in [0.5, 0.6) is 5.75 Å². The number of aromatic nitrogens is 1. The van der Waals surface area contributed by atoms with E-state index in [4.69, 9.17) is 0 Å². The van der Waals surface area contributed by atoms with Crippen molar-refractivity contribution in [1.29, 1.82) is 0 Å². The van der Waals surface area contributed by atoms with Crippen LogP contribution < -0.4 is 4.74 Å². The number of hydrogen-bond acceptors (Lipinski definition) is 4. The molecular formula is C10H9F3INO3. The molecule has 0 aliphatic carbocycles. The van der Waals surface area contributed by atoms with E-state index in [1.54, 1.807) is 0 Å². The Hall–Kier alpha value is -1.06. The third-order valence-electron chi connectivity index (χ3n) is 1.97. The number of halogens is 4. The Morgan fingerprint density at radius 3 is 2.61 bits per heavy atom. The Kier molecular flexibility index (Phi) is 4.77. The topological polar surface area (TPSA) is 48.4 Å². The zero-order valence-electron chi connectivity index (χ0n) is 9.47. The van der Waals surface area contributed by atoms with Crippen LogP contribution in [0.4, 0.5) is 13.2 Å². The fourth-order valence-corrected chi connectivity index (χ4v) is 2.04. The van der Waals surface area contributed by atoms with Gasteiger partial charge in [-0.25, -0.2) is 4.98 Å². The second kappa shape index (κ2) is 5.72. The summed E-state index contributed by atoms with van der Waals surface area (Å²) in [5.74, 6) is -1.10. The highest BCUT2D eigenvalue weighted by atomic mass is 127. The molecule has 0 unspecified atom stereocenters. The third-order valence-corrected chi connectivity index (χ3v) is 2.52. The Balaban J connectivity index is 3.16. The third kappa shape index (κ3) is 4.31. The first-order valence-corrected chi connectivity index (χ1v) is 5.79. The number of esters is 1. The van der Waals surface area contributed by atoms with E-state index < -0.39 is 18.1 Å². The Bertz CT molecular complexity index is 462. The van der Waals surface area contributed by atoms with E-state index in [1.807, 2.05) is 22.6 Å². The Labute approximate surface area is 115 Å². The lowest BCUT2D eigenvalue weighted by atomic mass is 10.1. The van der Waals surface area contributed by atoms with Crippen LogP contribution in [0.1, 0.15) is 11.3 Å². The minimum absolute atomic E-state index is 0.0677. The quantitative estimate of drug-likeness (QED) is 0.463. The summed E-state index contributed by atoms with van der Waals surface area (Å²) in [6.45, 7) is 1.38. The molecule has 0 saturated heterocycles. The van der Waals surface area contributed by atoms with Gasteiger partial charge in [-0.05, 0) is 35.6 Å². The van der Waals surface area contributed by atoms with Gasteiger partial charge in [0.05, 0.1) is 19.2 Å². The molecule has 1 rings (SSSR count). The first kappa shape index (κ1) is 15.0. The molecule has 0 fully saturated rings. The van der Waals surface area contributed by atoms with Crippen molar-refractivity contribution < 1.29 is 27.4 Å². The van der Waals surface area contributed by atoms with Crippen LogP contribution in [0, 0.1) is 10.6 Å². The maximum absolute atomic E-state index is 12.3. The maximum atomic E-state index is 12.3. The van der Waals surface area contributed by atoms with Crippen molar-refractivity contribution in [2.45, 2.75) is 19.7 Å². The molecule has 4 nitrogen and oxygen atoms in total. The Morgan fingerprint density at radius 2 is 2.11 bits per heavy atom. The van der Waals surface area contributed by atoms with Gasteiger partial charge < -0.3 is 9.47 Å². The Morgan fingerprint density at radius 1 is 1.50 bits per heavy atom. The van der Waals surface area contributed by atoms with E-state index in [-0.39, 0.29) is 17.7 Å². The van der Waals surface area contributed by atoms with Gasteiger partial charge in [0.1, 0.15) is 3.70 Å². The lowest BCUT2D eigenvalue weighted by Crippen LogP contribution is -2.20. The lowest BCUT2D eigenvalue weighted by molar-refractivity contribution is -0.275. The summed E-state index contributed by atoms with van der Waals surface area (Å²) >= 11 is 1.84. The SMILES string of the molecule is COC(=O)Cc1cc(I)nc(C)c1OC(F)(F)F. The summed E-state index contributed by atoms with van der Waals surface area (Å²) < 4.78 is 45.5. The molecule has 1 aromatic heterocycles. The van der Waals surface area contributed by atoms with Gasteiger partial charge in [0.25, 0.3) is 0 Å². The largest absolute Gasteiger partial charge is 0.573 e. The number of carbonyl (C=O) groups is 1. The van der Waals surface area contributed by atoms with E-state index in [1.165, 1.54) is 13.0 Å². The first-order chi connectivity index (χ1) is 8.23. The van der Waals surface area contributed by atoms with Gasteiger partial charge in [-0.3, -0.25) is 4.79 Å². The van der Waals surface area contributed by atoms with Crippen molar-refractivity contribution in [3.05, 3.63) is 21.0 Å². The minimum atomic E-state index is -4.83. The van der Waals surface area contributed by atoms with Crippen molar-refractivity contribution in [3.63, 3.8) is 0 Å². The summed E-state index contributed by atoms with van der Waals surface area (Å²) in [5, 5.41) is 0. The van der Waals surface area contributed by atoms with Gasteiger partial charge in [-0.15, -0.1) is 13.2 Å². The normalized spacial score (nSPS) is 11.2. The highest BCUT2D eigenvalue weighted by molar-refractivity contribution is 14.1. The van der Waals surface area contributed by atoms with E-state index in [2.05, 4.69) is 14.5 Å². The second-order valence-electron chi connectivity index (χ2n) is 3.32. The predicted octanol–water partition coefficient (Wildman–Crippen LogP) is 2.61. The summed E-state index contributed by atoms with van der Waals surface area (Å²) in [5.41, 5.74) is 0.161. The highest BCUT2D eigenvalue weighted by Gasteiger charge is 2.33. The molecule has 1 heterocycles. The van der Waals surface area contributed by atoms with Crippen molar-refractivity contribution >= 4 is 28.6 Å². The van der Waals surface area contributed by atoms with E-state index in [9.17, 15) is 18.0 Å². The van der Waals surface area contributed by atoms with E-state index in [0.717, 1.165) is 7.11 Å². The molecule has 0 spiro atoms. The molecule has 0 aliphatic rings. The van der Waals surface area contributed by atoms with Crippen molar-refractivity contribution in [2.75, 3.05) is 7.11 Å². The number of ether oxygens (including phenoxy) is 2. The fraction of sp³-hybridized carbons (Fsp3) is 0.400. The average molecular weight is 375 g/mol. The molecule has 0 N–H and O–H groups in total. The van der Waals surface area contributed by atoms with E-state index in [0.29, 0.717) is 3.70 Å². The maximum Gasteiger partial charge on any atom is 0.573 e. The van der Waals surface area contributed by atoms with Crippen LogP contribution >= 0.6 is 22.6 Å². The lowest BCUT2D eigenvalue weighted by Gasteiger charge is -2.15. The molecule has 100 valence electrons. The van der Waals surface area contributed by atoms with Gasteiger partial charge in [-0.1, -0.05) is 0 Å². The molecule has 0 atom stereocenters. The van der Waals surface area contributed by atoms with Crippen LogP contribution in [-0.4, -0.2) is 24.4 Å². The smallest absolute Gasteiger partial charge is 0.469 e. The number of carbonyl (C=O) groups excluding carboxylic acids is 1. The standard InChI is InChI=1S/C10H9F3INO3/c1-5-9(18-10(11,12)13)6(3-7(14)15-5)4-8(16)17-2/h3H,4H2,1-2H3. The van der Waals surface area contributed by atoms with Gasteiger partial charge >= 0.3 is 12.3 Å². The monoisotopic (exact) mass is 375 g/mol. The molecular weight excluding hydrogens is 366 g/mol. The first-order valence-electron chi connectivity index (χ1n) is 4.71. The van der Waals surface area contributed by atoms with Crippen LogP contribution in [0.2, 0.25) is 0 Å². The average Bonchev–Trinajstić information content (AvgIpc) is 2.21. The summed E-state index contributed by atoms with van der Waals surface area (Å²) in [4.78, 5) is 15.0. The van der Waals surface area contributed by atoms with Crippen molar-refractivity contribution in [3.8, 4) is 5.75 Å². The van der Waals surface area contributed by atoms with Crippen molar-refractivity contribution in [2.24, 2.45) is 0 Å². The number of alkyl halides is 3. The number of aryl methyl sites for hydroxylation is 1. The molecule has 8 heteroatoms. The summed E-state index contributed by atoms with van der Waals surface area (Å²) in [6.07, 6.45) is -5.13. The van der Waals surface area contributed by atoms with Gasteiger partial charge in [0.15, 0.2) is 5.75 Å². The molecule has 0 aliphatic heterocycles. The summed E-state index contributed by atoms with van der Waals surface area (Å²) in [6, 6.07) is 1.35. The van der Waals surface area contributed by atoms with Gasteiger partial charge in [0.2, 0.25) is 0 Å².